The van der Waals surface area contributed by atoms with E-state index in [1.54, 1.807) is 26.0 Å². The largest absolute Gasteiger partial charge is 0.485 e. The minimum absolute atomic E-state index is 0.0983. The molecule has 0 spiro atoms. The number of benzene rings is 1. The Balaban J connectivity index is 1.88. The van der Waals surface area contributed by atoms with E-state index in [9.17, 15) is 9.90 Å². The van der Waals surface area contributed by atoms with Gasteiger partial charge in [0.2, 0.25) is 5.91 Å². The number of alkyl halides is 1. The number of aliphatic hydroxyl groups excluding tert-OH is 1. The molecule has 2 N–H and O–H groups in total. The maximum Gasteiger partial charge on any atom is 0.220 e. The lowest BCUT2D eigenvalue weighted by Gasteiger charge is -2.42. The number of carbonyl (C=O) groups is 1. The van der Waals surface area contributed by atoms with Gasteiger partial charge in [-0.3, -0.25) is 4.79 Å². The molecule has 1 amide bonds. The van der Waals surface area contributed by atoms with Crippen LogP contribution in [-0.4, -0.2) is 38.4 Å². The van der Waals surface area contributed by atoms with Gasteiger partial charge in [-0.25, -0.2) is 4.63 Å². The van der Waals surface area contributed by atoms with E-state index in [-0.39, 0.29) is 5.91 Å². The van der Waals surface area contributed by atoms with Gasteiger partial charge in [-0.15, -0.1) is 0 Å². The van der Waals surface area contributed by atoms with Crippen LogP contribution in [0, 0.1) is 5.92 Å². The van der Waals surface area contributed by atoms with Gasteiger partial charge in [0.05, 0.1) is 6.04 Å². The van der Waals surface area contributed by atoms with Crippen molar-refractivity contribution in [1.29, 1.82) is 0 Å². The van der Waals surface area contributed by atoms with Gasteiger partial charge in [-0.2, -0.15) is 0 Å². The molecule has 25 heavy (non-hydrogen) atoms. The second kappa shape index (κ2) is 6.92. The van der Waals surface area contributed by atoms with Crippen molar-refractivity contribution in [2.24, 2.45) is 5.92 Å². The fraction of sp³-hybridized carbons (Fsp3) is 0.588. The van der Waals surface area contributed by atoms with E-state index in [0.29, 0.717) is 34.7 Å². The Labute approximate surface area is 154 Å². The molecule has 0 aliphatic carbocycles. The Morgan fingerprint density at radius 2 is 2.08 bits per heavy atom. The number of fused-ring (bicyclic) bond motifs is 2. The first-order valence-electron chi connectivity index (χ1n) is 8.30. The van der Waals surface area contributed by atoms with E-state index in [1.165, 1.54) is 0 Å². The average molecular weight is 412 g/mol. The predicted molar refractivity (Wildman–Crippen MR) is 95.6 cm³/mol. The van der Waals surface area contributed by atoms with Gasteiger partial charge < -0.3 is 15.2 Å². The summed E-state index contributed by atoms with van der Waals surface area (Å²) in [5, 5.41) is 22.2. The average Bonchev–Trinajstić information content (AvgIpc) is 3.02. The number of nitrogens with zero attached hydrogens (tertiary/aromatic N) is 2. The second-order valence-electron chi connectivity index (χ2n) is 7.14. The summed E-state index contributed by atoms with van der Waals surface area (Å²) < 4.78 is 10.7. The number of carbonyl (C=O) groups excluding carboxylic acids is 1. The zero-order valence-electron chi connectivity index (χ0n) is 14.5. The predicted octanol–water partition coefficient (Wildman–Crippen LogP) is 2.72. The van der Waals surface area contributed by atoms with Crippen molar-refractivity contribution in [1.82, 2.24) is 15.6 Å². The maximum absolute atomic E-state index is 12.4. The highest BCUT2D eigenvalue weighted by atomic mass is 79.9. The molecule has 0 saturated carbocycles. The molecule has 1 aliphatic heterocycles. The Morgan fingerprint density at radius 1 is 1.40 bits per heavy atom. The SMILES string of the molecule is CC(CBr)CCC(=O)NC1c2cc3nonc3cc2OC(C)(C)C1O. The first-order chi connectivity index (χ1) is 11.8. The second-order valence-corrected chi connectivity index (χ2v) is 7.78. The third-order valence-electron chi connectivity index (χ3n) is 4.57. The molecular formula is C17H22BrN3O4. The van der Waals surface area contributed by atoms with Crippen LogP contribution in [0.5, 0.6) is 5.75 Å². The summed E-state index contributed by atoms with van der Waals surface area (Å²) in [4.78, 5) is 12.4. The number of aliphatic hydroxyl groups is 1. The Morgan fingerprint density at radius 3 is 2.76 bits per heavy atom. The summed E-state index contributed by atoms with van der Waals surface area (Å²) in [6, 6.07) is 2.89. The van der Waals surface area contributed by atoms with Crippen molar-refractivity contribution in [3.8, 4) is 5.75 Å². The minimum atomic E-state index is -0.894. The lowest BCUT2D eigenvalue weighted by atomic mass is 9.86. The van der Waals surface area contributed by atoms with Crippen LogP contribution < -0.4 is 10.1 Å². The molecule has 0 bridgehead atoms. The van der Waals surface area contributed by atoms with Crippen LogP contribution in [0.25, 0.3) is 11.0 Å². The summed E-state index contributed by atoms with van der Waals surface area (Å²) >= 11 is 3.42. The van der Waals surface area contributed by atoms with Crippen LogP contribution in [-0.2, 0) is 4.79 Å². The minimum Gasteiger partial charge on any atom is -0.485 e. The molecule has 2 heterocycles. The van der Waals surface area contributed by atoms with Gasteiger partial charge in [0.15, 0.2) is 0 Å². The Hall–Kier alpha value is -1.67. The number of nitrogens with one attached hydrogen (secondary N) is 1. The number of amides is 1. The fourth-order valence-corrected chi connectivity index (χ4v) is 3.26. The summed E-state index contributed by atoms with van der Waals surface area (Å²) in [6.07, 6.45) is 0.286. The van der Waals surface area contributed by atoms with E-state index in [0.717, 1.165) is 11.8 Å². The summed E-state index contributed by atoms with van der Waals surface area (Å²) in [6.45, 7) is 5.66. The first kappa shape index (κ1) is 18.1. The monoisotopic (exact) mass is 411 g/mol. The quantitative estimate of drug-likeness (QED) is 0.733. The van der Waals surface area contributed by atoms with Crippen molar-refractivity contribution in [2.75, 3.05) is 5.33 Å². The van der Waals surface area contributed by atoms with E-state index in [4.69, 9.17) is 9.37 Å². The highest BCUT2D eigenvalue weighted by Gasteiger charge is 2.44. The zero-order chi connectivity index (χ0) is 18.2. The summed E-state index contributed by atoms with van der Waals surface area (Å²) in [5.41, 5.74) is 0.958. The Bertz CT molecular complexity index is 776. The third-order valence-corrected chi connectivity index (χ3v) is 5.67. The van der Waals surface area contributed by atoms with Crippen LogP contribution in [0.4, 0.5) is 0 Å². The van der Waals surface area contributed by atoms with E-state index >= 15 is 0 Å². The van der Waals surface area contributed by atoms with Crippen LogP contribution >= 0.6 is 15.9 Å². The number of rotatable bonds is 5. The van der Waals surface area contributed by atoms with E-state index in [2.05, 4.69) is 38.5 Å². The summed E-state index contributed by atoms with van der Waals surface area (Å²) in [5.74, 6) is 0.881. The number of halogens is 1. The maximum atomic E-state index is 12.4. The number of aromatic nitrogens is 2. The van der Waals surface area contributed by atoms with Gasteiger partial charge >= 0.3 is 0 Å². The molecule has 1 aromatic carbocycles. The van der Waals surface area contributed by atoms with Crippen molar-refractivity contribution in [3.63, 3.8) is 0 Å². The van der Waals surface area contributed by atoms with Gasteiger partial charge in [-0.05, 0) is 42.6 Å². The number of ether oxygens (including phenoxy) is 1. The smallest absolute Gasteiger partial charge is 0.220 e. The van der Waals surface area contributed by atoms with Gasteiger partial charge in [0.1, 0.15) is 28.5 Å². The highest BCUT2D eigenvalue weighted by molar-refractivity contribution is 9.09. The molecule has 8 heteroatoms. The highest BCUT2D eigenvalue weighted by Crippen LogP contribution is 2.41. The van der Waals surface area contributed by atoms with E-state index in [1.807, 2.05) is 0 Å². The number of hydrogen-bond acceptors (Lipinski definition) is 6. The van der Waals surface area contributed by atoms with Gasteiger partial charge in [-0.1, -0.05) is 22.9 Å². The molecule has 3 rings (SSSR count). The van der Waals surface area contributed by atoms with Gasteiger partial charge in [0.25, 0.3) is 0 Å². The molecule has 1 aromatic heterocycles. The van der Waals surface area contributed by atoms with Crippen molar-refractivity contribution in [3.05, 3.63) is 17.7 Å². The molecule has 1 aliphatic rings. The molecule has 136 valence electrons. The van der Waals surface area contributed by atoms with Crippen molar-refractivity contribution in [2.45, 2.75) is 51.4 Å². The van der Waals surface area contributed by atoms with Crippen molar-refractivity contribution < 1.29 is 19.3 Å². The zero-order valence-corrected chi connectivity index (χ0v) is 16.0. The van der Waals surface area contributed by atoms with E-state index < -0.39 is 17.7 Å². The molecular weight excluding hydrogens is 390 g/mol. The molecule has 2 aromatic rings. The lowest BCUT2D eigenvalue weighted by Crippen LogP contribution is -2.53. The normalized spacial score (nSPS) is 22.9. The topological polar surface area (TPSA) is 97.5 Å². The molecule has 0 fully saturated rings. The fourth-order valence-electron chi connectivity index (χ4n) is 2.93. The van der Waals surface area contributed by atoms with Crippen LogP contribution in [0.15, 0.2) is 16.8 Å². The van der Waals surface area contributed by atoms with Gasteiger partial charge in [0, 0.05) is 23.4 Å². The Kier molecular flexibility index (Phi) is 5.02. The molecule has 0 radical (unpaired) electrons. The first-order valence-corrected chi connectivity index (χ1v) is 9.42. The van der Waals surface area contributed by atoms with Crippen LogP contribution in [0.3, 0.4) is 0 Å². The number of hydrogen-bond donors (Lipinski definition) is 2. The molecule has 3 unspecified atom stereocenters. The lowest BCUT2D eigenvalue weighted by molar-refractivity contribution is -0.125. The van der Waals surface area contributed by atoms with Crippen LogP contribution in [0.2, 0.25) is 0 Å². The van der Waals surface area contributed by atoms with Crippen LogP contribution in [0.1, 0.15) is 45.2 Å². The van der Waals surface area contributed by atoms with Crippen molar-refractivity contribution >= 4 is 32.9 Å². The third kappa shape index (κ3) is 3.64. The molecule has 7 nitrogen and oxygen atoms in total. The molecule has 3 atom stereocenters. The molecule has 0 saturated heterocycles. The standard InChI is InChI=1S/C17H22BrN3O4/c1-9(8-18)4-5-14(22)19-15-10-6-11-12(21-25-20-11)7-13(10)24-17(2,3)16(15)23/h6-7,9,15-16,23H,4-5,8H2,1-3H3,(H,19,22). The summed E-state index contributed by atoms with van der Waals surface area (Å²) in [7, 11) is 0.